The van der Waals surface area contributed by atoms with Crippen LogP contribution in [-0.4, -0.2) is 67.0 Å². The van der Waals surface area contributed by atoms with E-state index in [-0.39, 0.29) is 11.8 Å². The summed E-state index contributed by atoms with van der Waals surface area (Å²) in [5.41, 5.74) is 0.955. The second-order valence-electron chi connectivity index (χ2n) is 6.82. The largest absolute Gasteiger partial charge is 0.379 e. The Labute approximate surface area is 166 Å². The highest BCUT2D eigenvalue weighted by atomic mass is 35.5. The molecule has 1 atom stereocenters. The van der Waals surface area contributed by atoms with Crippen molar-refractivity contribution in [2.75, 3.05) is 39.4 Å². The van der Waals surface area contributed by atoms with Gasteiger partial charge in [-0.25, -0.2) is 0 Å². The summed E-state index contributed by atoms with van der Waals surface area (Å²) in [6, 6.07) is 6.85. The first kappa shape index (κ1) is 21.7. The Hall–Kier alpha value is -1.63. The van der Waals surface area contributed by atoms with Crippen molar-refractivity contribution in [2.45, 2.75) is 39.3 Å². The lowest BCUT2D eigenvalue weighted by molar-refractivity contribution is -0.140. The average molecular weight is 396 g/mol. The fourth-order valence-corrected chi connectivity index (χ4v) is 3.16. The predicted octanol–water partition coefficient (Wildman–Crippen LogP) is 2.31. The van der Waals surface area contributed by atoms with Gasteiger partial charge in [0.25, 0.3) is 0 Å². The number of hydrogen-bond donors (Lipinski definition) is 1. The minimum absolute atomic E-state index is 0.0109. The third-order valence-corrected chi connectivity index (χ3v) is 4.98. The zero-order valence-corrected chi connectivity index (χ0v) is 17.0. The monoisotopic (exact) mass is 395 g/mol. The van der Waals surface area contributed by atoms with Crippen LogP contribution in [0, 0.1) is 0 Å². The second kappa shape index (κ2) is 11.3. The first-order chi connectivity index (χ1) is 13.0. The highest BCUT2D eigenvalue weighted by Gasteiger charge is 2.25. The van der Waals surface area contributed by atoms with Crippen molar-refractivity contribution in [1.29, 1.82) is 0 Å². The molecular formula is C20H30ClN3O3. The topological polar surface area (TPSA) is 61.9 Å². The van der Waals surface area contributed by atoms with Crippen molar-refractivity contribution in [2.24, 2.45) is 0 Å². The van der Waals surface area contributed by atoms with E-state index in [1.165, 1.54) is 0 Å². The van der Waals surface area contributed by atoms with Crippen molar-refractivity contribution in [3.8, 4) is 0 Å². The van der Waals surface area contributed by atoms with Crippen LogP contribution < -0.4 is 5.32 Å². The van der Waals surface area contributed by atoms with Crippen molar-refractivity contribution in [3.63, 3.8) is 0 Å². The molecule has 0 radical (unpaired) electrons. The summed E-state index contributed by atoms with van der Waals surface area (Å²) < 4.78 is 5.33. The van der Waals surface area contributed by atoms with E-state index in [1.807, 2.05) is 19.1 Å². The van der Waals surface area contributed by atoms with Gasteiger partial charge in [-0.2, -0.15) is 0 Å². The number of nitrogens with one attached hydrogen (secondary N) is 1. The third kappa shape index (κ3) is 7.13. The maximum atomic E-state index is 12.6. The van der Waals surface area contributed by atoms with E-state index < -0.39 is 6.04 Å². The van der Waals surface area contributed by atoms with Gasteiger partial charge in [-0.3, -0.25) is 14.5 Å². The molecule has 27 heavy (non-hydrogen) atoms. The van der Waals surface area contributed by atoms with Crippen LogP contribution in [0.2, 0.25) is 5.02 Å². The van der Waals surface area contributed by atoms with Gasteiger partial charge in [0.2, 0.25) is 11.8 Å². The van der Waals surface area contributed by atoms with Gasteiger partial charge in [-0.1, -0.05) is 30.7 Å². The molecule has 0 aliphatic carbocycles. The number of hydrogen-bond acceptors (Lipinski definition) is 4. The number of nitrogens with zero attached hydrogens (tertiary/aromatic N) is 2. The van der Waals surface area contributed by atoms with E-state index in [0.717, 1.165) is 44.8 Å². The van der Waals surface area contributed by atoms with Gasteiger partial charge in [-0.15, -0.1) is 0 Å². The molecule has 1 aliphatic rings. The Balaban J connectivity index is 1.92. The summed E-state index contributed by atoms with van der Waals surface area (Å²) in [7, 11) is 0. The molecule has 0 aromatic heterocycles. The Morgan fingerprint density at radius 1 is 1.26 bits per heavy atom. The van der Waals surface area contributed by atoms with E-state index in [1.54, 1.807) is 24.0 Å². The van der Waals surface area contributed by atoms with Crippen LogP contribution in [0.5, 0.6) is 0 Å². The highest BCUT2D eigenvalue weighted by molar-refractivity contribution is 6.30. The smallest absolute Gasteiger partial charge is 0.242 e. The highest BCUT2D eigenvalue weighted by Crippen LogP contribution is 2.15. The van der Waals surface area contributed by atoms with E-state index in [9.17, 15) is 9.59 Å². The van der Waals surface area contributed by atoms with Gasteiger partial charge in [0.15, 0.2) is 0 Å². The number of ether oxygens (including phenoxy) is 1. The fraction of sp³-hybridized carbons (Fsp3) is 0.600. The molecule has 0 spiro atoms. The Morgan fingerprint density at radius 3 is 2.56 bits per heavy atom. The van der Waals surface area contributed by atoms with Crippen LogP contribution in [0.15, 0.2) is 24.3 Å². The molecule has 0 saturated carbocycles. The molecule has 1 N–H and O–H groups in total. The van der Waals surface area contributed by atoms with Crippen LogP contribution in [0.1, 0.15) is 32.3 Å². The number of benzene rings is 1. The third-order valence-electron chi connectivity index (χ3n) is 4.73. The Bertz CT molecular complexity index is 603. The first-order valence-corrected chi connectivity index (χ1v) is 10.0. The maximum Gasteiger partial charge on any atom is 0.242 e. The molecule has 1 aliphatic heterocycles. The molecule has 2 amide bonds. The van der Waals surface area contributed by atoms with E-state index in [0.29, 0.717) is 24.5 Å². The molecule has 0 bridgehead atoms. The van der Waals surface area contributed by atoms with E-state index >= 15 is 0 Å². The molecule has 1 aromatic carbocycles. The van der Waals surface area contributed by atoms with Crippen LogP contribution in [0.3, 0.4) is 0 Å². The molecule has 1 heterocycles. The summed E-state index contributed by atoms with van der Waals surface area (Å²) in [5, 5.41) is 3.62. The number of rotatable bonds is 9. The number of halogens is 1. The normalized spacial score (nSPS) is 16.0. The molecule has 2 rings (SSSR count). The number of amides is 2. The lowest BCUT2D eigenvalue weighted by Gasteiger charge is -2.30. The predicted molar refractivity (Wildman–Crippen MR) is 107 cm³/mol. The Morgan fingerprint density at radius 2 is 1.93 bits per heavy atom. The van der Waals surface area contributed by atoms with Gasteiger partial charge < -0.3 is 15.0 Å². The summed E-state index contributed by atoms with van der Waals surface area (Å²) >= 11 is 5.94. The number of carbonyl (C=O) groups is 2. The zero-order valence-electron chi connectivity index (χ0n) is 16.2. The summed E-state index contributed by atoms with van der Waals surface area (Å²) in [6.07, 6.45) is 1.18. The van der Waals surface area contributed by atoms with Crippen LogP contribution in [0.25, 0.3) is 0 Å². The molecule has 0 unspecified atom stereocenters. The van der Waals surface area contributed by atoms with Gasteiger partial charge >= 0.3 is 0 Å². The molecule has 1 saturated heterocycles. The van der Waals surface area contributed by atoms with Crippen molar-refractivity contribution < 1.29 is 14.3 Å². The van der Waals surface area contributed by atoms with Gasteiger partial charge in [-0.05, 0) is 31.0 Å². The molecular weight excluding hydrogens is 366 g/mol. The van der Waals surface area contributed by atoms with E-state index in [2.05, 4.69) is 10.2 Å². The number of carbonyl (C=O) groups excluding carboxylic acids is 2. The minimum Gasteiger partial charge on any atom is -0.379 e. The van der Waals surface area contributed by atoms with Crippen molar-refractivity contribution in [3.05, 3.63) is 34.9 Å². The van der Waals surface area contributed by atoms with Crippen molar-refractivity contribution >= 4 is 23.4 Å². The SMILES string of the molecule is CCCC(=O)N(Cc1ccc(Cl)cc1)[C@H](C)C(=O)NCCN1CCOCC1. The number of morpholine rings is 1. The van der Waals surface area contributed by atoms with Crippen LogP contribution in [0.4, 0.5) is 0 Å². The average Bonchev–Trinajstić information content (AvgIpc) is 2.68. The molecule has 6 nitrogen and oxygen atoms in total. The maximum absolute atomic E-state index is 12.6. The summed E-state index contributed by atoms with van der Waals surface area (Å²) in [5.74, 6) is -0.134. The van der Waals surface area contributed by atoms with E-state index in [4.69, 9.17) is 16.3 Å². The fourth-order valence-electron chi connectivity index (χ4n) is 3.04. The van der Waals surface area contributed by atoms with Gasteiger partial charge in [0, 0.05) is 44.2 Å². The van der Waals surface area contributed by atoms with Gasteiger partial charge in [0.05, 0.1) is 13.2 Å². The molecule has 1 fully saturated rings. The lowest BCUT2D eigenvalue weighted by atomic mass is 10.1. The second-order valence-corrected chi connectivity index (χ2v) is 7.26. The minimum atomic E-state index is -0.524. The summed E-state index contributed by atoms with van der Waals surface area (Å²) in [6.45, 7) is 8.77. The molecule has 7 heteroatoms. The quantitative estimate of drug-likeness (QED) is 0.697. The van der Waals surface area contributed by atoms with Crippen molar-refractivity contribution in [1.82, 2.24) is 15.1 Å². The zero-order chi connectivity index (χ0) is 19.6. The van der Waals surface area contributed by atoms with Gasteiger partial charge in [0.1, 0.15) is 6.04 Å². The Kier molecular flexibility index (Phi) is 9.04. The standard InChI is InChI=1S/C20H30ClN3O3/c1-3-4-19(25)24(15-17-5-7-18(21)8-6-17)16(2)20(26)22-9-10-23-11-13-27-14-12-23/h5-8,16H,3-4,9-15H2,1-2H3,(H,22,26)/t16-/m1/s1. The lowest BCUT2D eigenvalue weighted by Crippen LogP contribution is -2.49. The molecule has 1 aromatic rings. The first-order valence-electron chi connectivity index (χ1n) is 9.63. The molecule has 150 valence electrons. The van der Waals surface area contributed by atoms with Crippen LogP contribution >= 0.6 is 11.6 Å². The summed E-state index contributed by atoms with van der Waals surface area (Å²) in [4.78, 5) is 29.1. The van der Waals surface area contributed by atoms with Crippen LogP contribution in [-0.2, 0) is 20.9 Å².